The molecule has 0 unspecified atom stereocenters. The van der Waals surface area contributed by atoms with Gasteiger partial charge in [-0.1, -0.05) is 24.3 Å². The topological polar surface area (TPSA) is 33.2 Å². The highest BCUT2D eigenvalue weighted by molar-refractivity contribution is 5.76. The van der Waals surface area contributed by atoms with E-state index in [0.29, 0.717) is 25.9 Å². The summed E-state index contributed by atoms with van der Waals surface area (Å²) in [5.74, 6) is 0.0865. The molecule has 1 aliphatic heterocycles. The normalized spacial score (nSPS) is 17.7. The Balaban J connectivity index is 1.56. The third-order valence-electron chi connectivity index (χ3n) is 4.24. The molecular formula is C18H19FN2O. The van der Waals surface area contributed by atoms with Crippen molar-refractivity contribution in [3.63, 3.8) is 0 Å². The number of halogens is 1. The van der Waals surface area contributed by atoms with Crippen molar-refractivity contribution in [1.82, 2.24) is 9.88 Å². The fraction of sp³-hybridized carbons (Fsp3) is 0.333. The summed E-state index contributed by atoms with van der Waals surface area (Å²) in [7, 11) is 0. The minimum absolute atomic E-state index is 0.114. The number of hydrogen-bond acceptors (Lipinski definition) is 2. The van der Waals surface area contributed by atoms with Crippen molar-refractivity contribution >= 4 is 5.91 Å². The van der Waals surface area contributed by atoms with E-state index in [1.807, 2.05) is 29.2 Å². The van der Waals surface area contributed by atoms with Gasteiger partial charge in [-0.15, -0.1) is 0 Å². The molecule has 0 spiro atoms. The van der Waals surface area contributed by atoms with Crippen molar-refractivity contribution in [3.8, 4) is 0 Å². The van der Waals surface area contributed by atoms with Gasteiger partial charge in [0.1, 0.15) is 5.82 Å². The van der Waals surface area contributed by atoms with Crippen molar-refractivity contribution in [2.24, 2.45) is 0 Å². The highest BCUT2D eigenvalue weighted by atomic mass is 19.1. The second kappa shape index (κ2) is 6.69. The fourth-order valence-electron chi connectivity index (χ4n) is 3.00. The van der Waals surface area contributed by atoms with Crippen LogP contribution in [0.5, 0.6) is 0 Å². The van der Waals surface area contributed by atoms with Crippen molar-refractivity contribution in [2.45, 2.75) is 25.2 Å². The molecule has 1 saturated heterocycles. The van der Waals surface area contributed by atoms with Gasteiger partial charge in [0, 0.05) is 37.8 Å². The Hall–Kier alpha value is -2.23. The van der Waals surface area contributed by atoms with Gasteiger partial charge in [0.15, 0.2) is 0 Å². The molecule has 1 fully saturated rings. The summed E-state index contributed by atoms with van der Waals surface area (Å²) in [6.07, 6.45) is 5.53. The predicted molar refractivity (Wildman–Crippen MR) is 82.9 cm³/mol. The minimum Gasteiger partial charge on any atom is -0.342 e. The molecule has 2 heterocycles. The number of benzene rings is 1. The lowest BCUT2D eigenvalue weighted by Gasteiger charge is -2.17. The molecule has 114 valence electrons. The largest absolute Gasteiger partial charge is 0.342 e. The predicted octanol–water partition coefficient (Wildman–Crippen LogP) is 3.17. The highest BCUT2D eigenvalue weighted by Crippen LogP contribution is 2.29. The molecule has 4 heteroatoms. The van der Waals surface area contributed by atoms with Gasteiger partial charge in [-0.2, -0.15) is 0 Å². The number of aromatic nitrogens is 1. The second-order valence-corrected chi connectivity index (χ2v) is 5.71. The molecule has 3 nitrogen and oxygen atoms in total. The molecular weight excluding hydrogens is 279 g/mol. The number of hydrogen-bond donors (Lipinski definition) is 0. The number of likely N-dealkylation sites (tertiary alicyclic amines) is 1. The first-order valence-corrected chi connectivity index (χ1v) is 7.65. The number of amides is 1. The van der Waals surface area contributed by atoms with Gasteiger partial charge in [-0.25, -0.2) is 4.39 Å². The fourth-order valence-corrected chi connectivity index (χ4v) is 3.00. The Bertz CT molecular complexity index is 645. The van der Waals surface area contributed by atoms with Crippen LogP contribution in [0.4, 0.5) is 4.39 Å². The lowest BCUT2D eigenvalue weighted by atomic mass is 9.98. The standard InChI is InChI=1S/C18H19FN2O/c19-17-6-2-1-5-16(17)15-9-11-21(13-15)18(22)8-7-14-4-3-10-20-12-14/h1-6,10,12,15H,7-9,11,13H2/t15-/m0/s1. The van der Waals surface area contributed by atoms with E-state index < -0.39 is 0 Å². The van der Waals surface area contributed by atoms with Crippen LogP contribution in [0, 0.1) is 5.82 Å². The van der Waals surface area contributed by atoms with Crippen molar-refractivity contribution < 1.29 is 9.18 Å². The van der Waals surface area contributed by atoms with Crippen molar-refractivity contribution in [3.05, 3.63) is 65.7 Å². The zero-order chi connectivity index (χ0) is 15.4. The van der Waals surface area contributed by atoms with Gasteiger partial charge < -0.3 is 4.90 Å². The summed E-state index contributed by atoms with van der Waals surface area (Å²) in [5, 5.41) is 0. The number of carbonyl (C=O) groups is 1. The first-order chi connectivity index (χ1) is 10.7. The first kappa shape index (κ1) is 14.7. The minimum atomic E-state index is -0.169. The van der Waals surface area contributed by atoms with Crippen LogP contribution in [0.25, 0.3) is 0 Å². The molecule has 0 aliphatic carbocycles. The van der Waals surface area contributed by atoms with Gasteiger partial charge in [-0.3, -0.25) is 9.78 Å². The molecule has 0 saturated carbocycles. The summed E-state index contributed by atoms with van der Waals surface area (Å²) in [6, 6.07) is 10.7. The van der Waals surface area contributed by atoms with E-state index in [1.165, 1.54) is 6.07 Å². The number of rotatable bonds is 4. The number of nitrogens with zero attached hydrogens (tertiary/aromatic N) is 2. The SMILES string of the molecule is O=C(CCc1cccnc1)N1CC[C@H](c2ccccc2F)C1. The van der Waals surface area contributed by atoms with Gasteiger partial charge >= 0.3 is 0 Å². The van der Waals surface area contributed by atoms with Crippen LogP contribution < -0.4 is 0 Å². The summed E-state index contributed by atoms with van der Waals surface area (Å²) in [5.41, 5.74) is 1.80. The van der Waals surface area contributed by atoms with E-state index in [1.54, 1.807) is 18.5 Å². The second-order valence-electron chi connectivity index (χ2n) is 5.71. The Morgan fingerprint density at radius 2 is 2.14 bits per heavy atom. The maximum atomic E-state index is 13.8. The molecule has 0 bridgehead atoms. The van der Waals surface area contributed by atoms with Gasteiger partial charge in [0.2, 0.25) is 5.91 Å². The first-order valence-electron chi connectivity index (χ1n) is 7.65. The van der Waals surface area contributed by atoms with Crippen molar-refractivity contribution in [2.75, 3.05) is 13.1 Å². The molecule has 22 heavy (non-hydrogen) atoms. The van der Waals surface area contributed by atoms with Crippen LogP contribution in [0.3, 0.4) is 0 Å². The van der Waals surface area contributed by atoms with Crippen LogP contribution >= 0.6 is 0 Å². The van der Waals surface area contributed by atoms with Crippen LogP contribution in [0.2, 0.25) is 0 Å². The Morgan fingerprint density at radius 1 is 1.27 bits per heavy atom. The third kappa shape index (κ3) is 3.32. The van der Waals surface area contributed by atoms with Crippen LogP contribution in [-0.2, 0) is 11.2 Å². The van der Waals surface area contributed by atoms with E-state index in [-0.39, 0.29) is 17.6 Å². The van der Waals surface area contributed by atoms with Gasteiger partial charge in [0.05, 0.1) is 0 Å². The Labute approximate surface area is 129 Å². The lowest BCUT2D eigenvalue weighted by Crippen LogP contribution is -2.28. The molecule has 1 aromatic carbocycles. The van der Waals surface area contributed by atoms with Crippen LogP contribution in [0.1, 0.15) is 29.9 Å². The van der Waals surface area contributed by atoms with E-state index in [4.69, 9.17) is 0 Å². The zero-order valence-corrected chi connectivity index (χ0v) is 12.4. The summed E-state index contributed by atoms with van der Waals surface area (Å²) in [4.78, 5) is 18.2. The molecule has 3 rings (SSSR count). The molecule has 1 aromatic heterocycles. The van der Waals surface area contributed by atoms with E-state index >= 15 is 0 Å². The Morgan fingerprint density at radius 3 is 2.91 bits per heavy atom. The summed E-state index contributed by atoms with van der Waals surface area (Å²) >= 11 is 0. The van der Waals surface area contributed by atoms with E-state index in [9.17, 15) is 9.18 Å². The lowest BCUT2D eigenvalue weighted by molar-refractivity contribution is -0.130. The molecule has 0 radical (unpaired) electrons. The van der Waals surface area contributed by atoms with E-state index in [0.717, 1.165) is 17.5 Å². The smallest absolute Gasteiger partial charge is 0.222 e. The van der Waals surface area contributed by atoms with Crippen molar-refractivity contribution in [1.29, 1.82) is 0 Å². The quantitative estimate of drug-likeness (QED) is 0.868. The molecule has 1 aliphatic rings. The number of pyridine rings is 1. The number of aryl methyl sites for hydroxylation is 1. The maximum absolute atomic E-state index is 13.8. The van der Waals surface area contributed by atoms with E-state index in [2.05, 4.69) is 4.98 Å². The highest BCUT2D eigenvalue weighted by Gasteiger charge is 2.28. The molecule has 1 atom stereocenters. The maximum Gasteiger partial charge on any atom is 0.222 e. The average Bonchev–Trinajstić information content (AvgIpc) is 3.04. The van der Waals surface area contributed by atoms with Crippen LogP contribution in [-0.4, -0.2) is 28.9 Å². The molecule has 2 aromatic rings. The monoisotopic (exact) mass is 298 g/mol. The zero-order valence-electron chi connectivity index (χ0n) is 12.4. The Kier molecular flexibility index (Phi) is 4.47. The molecule has 1 amide bonds. The molecule has 0 N–H and O–H groups in total. The summed E-state index contributed by atoms with van der Waals surface area (Å²) < 4.78 is 13.8. The van der Waals surface area contributed by atoms with Gasteiger partial charge in [-0.05, 0) is 36.1 Å². The average molecular weight is 298 g/mol. The third-order valence-corrected chi connectivity index (χ3v) is 4.24. The van der Waals surface area contributed by atoms with Crippen LogP contribution in [0.15, 0.2) is 48.8 Å². The summed E-state index contributed by atoms with van der Waals surface area (Å²) in [6.45, 7) is 1.33. The number of carbonyl (C=O) groups excluding carboxylic acids is 1. The van der Waals surface area contributed by atoms with Gasteiger partial charge in [0.25, 0.3) is 0 Å².